The maximum Gasteiger partial charge on any atom is 0.264 e. The third-order valence-electron chi connectivity index (χ3n) is 2.92. The van der Waals surface area contributed by atoms with Crippen molar-refractivity contribution in [3.63, 3.8) is 0 Å². The summed E-state index contributed by atoms with van der Waals surface area (Å²) in [6.07, 6.45) is 3.48. The first kappa shape index (κ1) is 15.2. The van der Waals surface area contributed by atoms with Gasteiger partial charge in [-0.15, -0.1) is 11.3 Å². The Morgan fingerprint density at radius 2 is 2.33 bits per heavy atom. The maximum absolute atomic E-state index is 12.4. The smallest absolute Gasteiger partial charge is 0.264 e. The van der Waals surface area contributed by atoms with Crippen molar-refractivity contribution in [1.29, 1.82) is 0 Å². The second-order valence-electron chi connectivity index (χ2n) is 4.65. The molecule has 0 saturated carbocycles. The first-order valence-electron chi connectivity index (χ1n) is 6.55. The van der Waals surface area contributed by atoms with Crippen molar-refractivity contribution in [1.82, 2.24) is 9.88 Å². The summed E-state index contributed by atoms with van der Waals surface area (Å²) < 4.78 is 0. The molecule has 0 saturated heterocycles. The lowest BCUT2D eigenvalue weighted by molar-refractivity contribution is 0.0789. The summed E-state index contributed by atoms with van der Waals surface area (Å²) in [6, 6.07) is 5.70. The molecule has 2 heterocycles. The number of carbonyl (C=O) groups is 1. The Labute approximate surface area is 128 Å². The molecule has 0 spiro atoms. The van der Waals surface area contributed by atoms with Crippen molar-refractivity contribution in [3.05, 3.63) is 51.5 Å². The molecule has 4 nitrogen and oxygen atoms in total. The molecule has 0 aliphatic heterocycles. The molecule has 2 aromatic rings. The molecule has 0 aliphatic carbocycles. The number of rotatable bonds is 3. The van der Waals surface area contributed by atoms with Gasteiger partial charge in [0.1, 0.15) is 0 Å². The standard InChI is InChI=1S/C16H17N3OS/c1-12-9-15(21-14(12)6-3-7-17)16(20)19(2)11-13-5-4-8-18-10-13/h4-5,8-10H,7,11,17H2,1-2H3. The average Bonchev–Trinajstić information content (AvgIpc) is 2.86. The van der Waals surface area contributed by atoms with Crippen LogP contribution in [0.15, 0.2) is 30.6 Å². The number of amides is 1. The number of carbonyl (C=O) groups excluding carboxylic acids is 1. The van der Waals surface area contributed by atoms with Crippen LogP contribution in [0.1, 0.15) is 25.7 Å². The number of aromatic nitrogens is 1. The molecule has 0 unspecified atom stereocenters. The Morgan fingerprint density at radius 1 is 1.52 bits per heavy atom. The minimum absolute atomic E-state index is 0.00671. The van der Waals surface area contributed by atoms with Crippen LogP contribution in [0.3, 0.4) is 0 Å². The van der Waals surface area contributed by atoms with Crippen LogP contribution < -0.4 is 5.73 Å². The molecule has 108 valence electrons. The molecule has 0 bridgehead atoms. The molecule has 0 fully saturated rings. The van der Waals surface area contributed by atoms with Crippen molar-refractivity contribution >= 4 is 17.2 Å². The minimum atomic E-state index is -0.00671. The molecule has 21 heavy (non-hydrogen) atoms. The molecule has 1 amide bonds. The Bertz CT molecular complexity index is 683. The van der Waals surface area contributed by atoms with Gasteiger partial charge in [-0.3, -0.25) is 9.78 Å². The second kappa shape index (κ2) is 7.02. The van der Waals surface area contributed by atoms with E-state index >= 15 is 0 Å². The van der Waals surface area contributed by atoms with Crippen LogP contribution in [0.25, 0.3) is 0 Å². The Morgan fingerprint density at radius 3 is 3.00 bits per heavy atom. The van der Waals surface area contributed by atoms with Crippen LogP contribution in [0.2, 0.25) is 0 Å². The van der Waals surface area contributed by atoms with Crippen LogP contribution in [0.5, 0.6) is 0 Å². The van der Waals surface area contributed by atoms with Crippen LogP contribution in [0.4, 0.5) is 0 Å². The first-order valence-corrected chi connectivity index (χ1v) is 7.37. The zero-order chi connectivity index (χ0) is 15.2. The molecule has 2 rings (SSSR count). The van der Waals surface area contributed by atoms with E-state index in [4.69, 9.17) is 5.73 Å². The Balaban J connectivity index is 2.12. The minimum Gasteiger partial charge on any atom is -0.337 e. The van der Waals surface area contributed by atoms with E-state index in [9.17, 15) is 4.79 Å². The summed E-state index contributed by atoms with van der Waals surface area (Å²) in [5.41, 5.74) is 7.39. The molecule has 0 aromatic carbocycles. The lowest BCUT2D eigenvalue weighted by Gasteiger charge is -2.15. The van der Waals surface area contributed by atoms with E-state index in [1.165, 1.54) is 11.3 Å². The summed E-state index contributed by atoms with van der Waals surface area (Å²) in [4.78, 5) is 19.8. The van der Waals surface area contributed by atoms with Crippen molar-refractivity contribution in [2.45, 2.75) is 13.5 Å². The number of nitrogens with two attached hydrogens (primary N) is 1. The highest BCUT2D eigenvalue weighted by molar-refractivity contribution is 7.14. The largest absolute Gasteiger partial charge is 0.337 e. The number of hydrogen-bond donors (Lipinski definition) is 1. The van der Waals surface area contributed by atoms with Gasteiger partial charge in [-0.05, 0) is 30.2 Å². The lowest BCUT2D eigenvalue weighted by atomic mass is 10.2. The molecular formula is C16H17N3OS. The van der Waals surface area contributed by atoms with Gasteiger partial charge in [0, 0.05) is 26.0 Å². The van der Waals surface area contributed by atoms with Gasteiger partial charge >= 0.3 is 0 Å². The van der Waals surface area contributed by atoms with E-state index in [0.29, 0.717) is 18.0 Å². The highest BCUT2D eigenvalue weighted by Gasteiger charge is 2.16. The van der Waals surface area contributed by atoms with Gasteiger partial charge in [-0.25, -0.2) is 0 Å². The van der Waals surface area contributed by atoms with Gasteiger partial charge in [-0.2, -0.15) is 0 Å². The fourth-order valence-electron chi connectivity index (χ4n) is 1.87. The van der Waals surface area contributed by atoms with Gasteiger partial charge in [0.05, 0.1) is 16.3 Å². The summed E-state index contributed by atoms with van der Waals surface area (Å²) in [7, 11) is 1.79. The van der Waals surface area contributed by atoms with Gasteiger partial charge in [0.25, 0.3) is 5.91 Å². The van der Waals surface area contributed by atoms with Crippen molar-refractivity contribution in [2.75, 3.05) is 13.6 Å². The van der Waals surface area contributed by atoms with Crippen molar-refractivity contribution in [2.24, 2.45) is 5.73 Å². The van der Waals surface area contributed by atoms with E-state index in [2.05, 4.69) is 16.8 Å². The monoisotopic (exact) mass is 299 g/mol. The third kappa shape index (κ3) is 3.91. The molecule has 0 atom stereocenters. The summed E-state index contributed by atoms with van der Waals surface area (Å²) in [6.45, 7) is 2.81. The Hall–Kier alpha value is -2.16. The van der Waals surface area contributed by atoms with Crippen LogP contribution >= 0.6 is 11.3 Å². The van der Waals surface area contributed by atoms with E-state index in [-0.39, 0.29) is 5.91 Å². The van der Waals surface area contributed by atoms with Crippen LogP contribution in [-0.2, 0) is 6.54 Å². The molecule has 0 aliphatic rings. The quantitative estimate of drug-likeness (QED) is 0.882. The highest BCUT2D eigenvalue weighted by atomic mass is 32.1. The normalized spacial score (nSPS) is 9.86. The topological polar surface area (TPSA) is 59.2 Å². The van der Waals surface area contributed by atoms with Gasteiger partial charge in [0.2, 0.25) is 0 Å². The molecule has 2 aromatic heterocycles. The lowest BCUT2D eigenvalue weighted by Crippen LogP contribution is -2.25. The Kier molecular flexibility index (Phi) is 5.09. The molecule has 2 N–H and O–H groups in total. The SMILES string of the molecule is Cc1cc(C(=O)N(C)Cc2cccnc2)sc1C#CCN. The number of pyridine rings is 1. The second-order valence-corrected chi connectivity index (χ2v) is 5.70. The number of thiophene rings is 1. The number of aryl methyl sites for hydroxylation is 1. The van der Waals surface area contributed by atoms with E-state index in [1.54, 1.807) is 24.3 Å². The summed E-state index contributed by atoms with van der Waals surface area (Å²) in [5.74, 6) is 5.81. The van der Waals surface area contributed by atoms with Crippen molar-refractivity contribution in [3.8, 4) is 11.8 Å². The van der Waals surface area contributed by atoms with Gasteiger partial charge in [0.15, 0.2) is 0 Å². The molecule has 0 radical (unpaired) electrons. The predicted molar refractivity (Wildman–Crippen MR) is 85.0 cm³/mol. The van der Waals surface area contributed by atoms with E-state index < -0.39 is 0 Å². The zero-order valence-corrected chi connectivity index (χ0v) is 12.9. The van der Waals surface area contributed by atoms with Gasteiger partial charge in [-0.1, -0.05) is 17.9 Å². The summed E-state index contributed by atoms with van der Waals surface area (Å²) in [5, 5.41) is 0. The molecule has 5 heteroatoms. The maximum atomic E-state index is 12.4. The van der Waals surface area contributed by atoms with E-state index in [1.807, 2.05) is 25.1 Å². The van der Waals surface area contributed by atoms with E-state index in [0.717, 1.165) is 16.0 Å². The predicted octanol–water partition coefficient (Wildman–Crippen LogP) is 2.03. The fraction of sp³-hybridized carbons (Fsp3) is 0.250. The highest BCUT2D eigenvalue weighted by Crippen LogP contribution is 2.22. The van der Waals surface area contributed by atoms with Crippen LogP contribution in [0, 0.1) is 18.8 Å². The van der Waals surface area contributed by atoms with Gasteiger partial charge < -0.3 is 10.6 Å². The number of hydrogen-bond acceptors (Lipinski definition) is 4. The zero-order valence-electron chi connectivity index (χ0n) is 12.1. The van der Waals surface area contributed by atoms with Crippen molar-refractivity contribution < 1.29 is 4.79 Å². The third-order valence-corrected chi connectivity index (χ3v) is 4.06. The first-order chi connectivity index (χ1) is 10.1. The average molecular weight is 299 g/mol. The number of nitrogens with zero attached hydrogens (tertiary/aromatic N) is 2. The summed E-state index contributed by atoms with van der Waals surface area (Å²) >= 11 is 1.41. The fourth-order valence-corrected chi connectivity index (χ4v) is 2.91. The molecular weight excluding hydrogens is 282 g/mol. The van der Waals surface area contributed by atoms with Crippen LogP contribution in [-0.4, -0.2) is 29.4 Å².